The molecule has 6 nitrogen and oxygen atoms in total. The second-order valence-electron chi connectivity index (χ2n) is 8.12. The van der Waals surface area contributed by atoms with Crippen molar-refractivity contribution in [2.75, 3.05) is 18.1 Å². The first-order valence-electron chi connectivity index (χ1n) is 10.8. The highest BCUT2D eigenvalue weighted by Crippen LogP contribution is 2.43. The lowest BCUT2D eigenvalue weighted by atomic mass is 9.95. The molecule has 10 heteroatoms. The van der Waals surface area contributed by atoms with Crippen LogP contribution in [0.5, 0.6) is 11.5 Å². The van der Waals surface area contributed by atoms with Crippen LogP contribution in [0.15, 0.2) is 72.3 Å². The predicted molar refractivity (Wildman–Crippen MR) is 120 cm³/mol. The second kappa shape index (κ2) is 8.71. The number of halogens is 4. The summed E-state index contributed by atoms with van der Waals surface area (Å²) >= 11 is 0. The van der Waals surface area contributed by atoms with E-state index < -0.39 is 41.0 Å². The van der Waals surface area contributed by atoms with Gasteiger partial charge in [0.05, 0.1) is 17.2 Å². The maximum atomic E-state index is 13.6. The lowest BCUT2D eigenvalue weighted by Gasteiger charge is -2.26. The van der Waals surface area contributed by atoms with Gasteiger partial charge in [-0.15, -0.1) is 0 Å². The number of carbonyl (C=O) groups is 2. The molecule has 2 aliphatic rings. The number of ether oxygens (including phenoxy) is 2. The quantitative estimate of drug-likeness (QED) is 0.231. The summed E-state index contributed by atoms with van der Waals surface area (Å²) in [5, 5.41) is 11.2. The lowest BCUT2D eigenvalue weighted by Crippen LogP contribution is -2.29. The van der Waals surface area contributed by atoms with E-state index in [0.717, 1.165) is 41.3 Å². The van der Waals surface area contributed by atoms with Gasteiger partial charge < -0.3 is 14.6 Å². The monoisotopic (exact) mass is 499 g/mol. The third-order valence-corrected chi connectivity index (χ3v) is 5.92. The summed E-state index contributed by atoms with van der Waals surface area (Å²) in [7, 11) is 0. The molecule has 0 aliphatic carbocycles. The number of rotatable bonds is 3. The highest BCUT2D eigenvalue weighted by molar-refractivity contribution is 6.51. The average molecular weight is 499 g/mol. The number of hydrogen-bond acceptors (Lipinski definition) is 5. The Labute approximate surface area is 202 Å². The lowest BCUT2D eigenvalue weighted by molar-refractivity contribution is -0.137. The molecule has 184 valence electrons. The molecule has 36 heavy (non-hydrogen) atoms. The van der Waals surface area contributed by atoms with Crippen LogP contribution in [0.25, 0.3) is 5.76 Å². The van der Waals surface area contributed by atoms with Gasteiger partial charge in [0.15, 0.2) is 11.5 Å². The van der Waals surface area contributed by atoms with Crippen molar-refractivity contribution >= 4 is 23.1 Å². The molecule has 0 aromatic heterocycles. The molecular formula is C26H17F4NO5. The highest BCUT2D eigenvalue weighted by atomic mass is 19.4. The van der Waals surface area contributed by atoms with Crippen molar-refractivity contribution in [1.82, 2.24) is 0 Å². The smallest absolute Gasteiger partial charge is 0.416 e. The second-order valence-corrected chi connectivity index (χ2v) is 8.12. The molecule has 1 unspecified atom stereocenters. The van der Waals surface area contributed by atoms with E-state index in [1.165, 1.54) is 24.3 Å². The Hall–Kier alpha value is -4.34. The Morgan fingerprint density at radius 1 is 0.889 bits per heavy atom. The van der Waals surface area contributed by atoms with E-state index >= 15 is 0 Å². The largest absolute Gasteiger partial charge is 0.507 e. The van der Waals surface area contributed by atoms with Crippen LogP contribution in [0.1, 0.15) is 22.7 Å². The molecule has 0 bridgehead atoms. The SMILES string of the molecule is O=C1C(=O)N(c2ccc(C(F)(F)F)cc2)C(c2ccc(F)cc2)/C1=C(/O)c1ccc2c(c1)OCCO2. The van der Waals surface area contributed by atoms with Gasteiger partial charge in [-0.3, -0.25) is 14.5 Å². The van der Waals surface area contributed by atoms with Gasteiger partial charge in [-0.1, -0.05) is 12.1 Å². The number of amides is 1. The van der Waals surface area contributed by atoms with Crippen molar-refractivity contribution in [3.8, 4) is 11.5 Å². The molecule has 2 aliphatic heterocycles. The van der Waals surface area contributed by atoms with E-state index in [-0.39, 0.29) is 29.0 Å². The van der Waals surface area contributed by atoms with Crippen LogP contribution in [0, 0.1) is 5.82 Å². The fourth-order valence-corrected chi connectivity index (χ4v) is 4.22. The van der Waals surface area contributed by atoms with Crippen LogP contribution >= 0.6 is 0 Å². The van der Waals surface area contributed by atoms with Crippen molar-refractivity contribution in [2.45, 2.75) is 12.2 Å². The zero-order chi connectivity index (χ0) is 25.6. The predicted octanol–water partition coefficient (Wildman–Crippen LogP) is 5.24. The number of anilines is 1. The first kappa shape index (κ1) is 23.4. The molecule has 1 atom stereocenters. The molecule has 3 aromatic carbocycles. The van der Waals surface area contributed by atoms with Crippen LogP contribution in [-0.4, -0.2) is 30.0 Å². The van der Waals surface area contributed by atoms with Crippen LogP contribution in [-0.2, 0) is 15.8 Å². The number of fused-ring (bicyclic) bond motifs is 1. The maximum Gasteiger partial charge on any atom is 0.416 e. The van der Waals surface area contributed by atoms with Crippen molar-refractivity contribution in [2.24, 2.45) is 0 Å². The number of ketones is 1. The number of nitrogens with zero attached hydrogens (tertiary/aromatic N) is 1. The minimum absolute atomic E-state index is 0.000601. The zero-order valence-electron chi connectivity index (χ0n) is 18.4. The van der Waals surface area contributed by atoms with Crippen LogP contribution in [0.4, 0.5) is 23.2 Å². The normalized spacial score (nSPS) is 19.0. The number of carbonyl (C=O) groups excluding carboxylic acids is 2. The minimum Gasteiger partial charge on any atom is -0.507 e. The van der Waals surface area contributed by atoms with E-state index in [4.69, 9.17) is 9.47 Å². The number of aliphatic hydroxyl groups is 1. The van der Waals surface area contributed by atoms with Gasteiger partial charge in [-0.05, 0) is 60.2 Å². The van der Waals surface area contributed by atoms with Crippen LogP contribution in [0.3, 0.4) is 0 Å². The van der Waals surface area contributed by atoms with E-state index in [1.807, 2.05) is 0 Å². The minimum atomic E-state index is -4.60. The summed E-state index contributed by atoms with van der Waals surface area (Å²) in [6, 6.07) is 11.9. The maximum absolute atomic E-state index is 13.6. The highest BCUT2D eigenvalue weighted by Gasteiger charge is 2.47. The third kappa shape index (κ3) is 4.04. The number of benzene rings is 3. The summed E-state index contributed by atoms with van der Waals surface area (Å²) in [4.78, 5) is 27.2. The van der Waals surface area contributed by atoms with Gasteiger partial charge in [-0.25, -0.2) is 4.39 Å². The summed E-state index contributed by atoms with van der Waals surface area (Å²) in [5.74, 6) is -2.41. The summed E-state index contributed by atoms with van der Waals surface area (Å²) in [5.41, 5.74) is -0.798. The summed E-state index contributed by atoms with van der Waals surface area (Å²) < 4.78 is 63.8. The number of alkyl halides is 3. The Kier molecular flexibility index (Phi) is 5.66. The average Bonchev–Trinajstić information content (AvgIpc) is 3.13. The molecule has 1 amide bonds. The van der Waals surface area contributed by atoms with Crippen molar-refractivity contribution < 1.29 is 41.7 Å². The zero-order valence-corrected chi connectivity index (χ0v) is 18.4. The number of aliphatic hydroxyl groups excluding tert-OH is 1. The first-order valence-corrected chi connectivity index (χ1v) is 10.8. The van der Waals surface area contributed by atoms with Gasteiger partial charge >= 0.3 is 6.18 Å². The summed E-state index contributed by atoms with van der Waals surface area (Å²) in [6.07, 6.45) is -4.60. The van der Waals surface area contributed by atoms with Crippen LogP contribution in [0.2, 0.25) is 0 Å². The molecule has 3 aromatic rings. The topological polar surface area (TPSA) is 76.1 Å². The van der Waals surface area contributed by atoms with E-state index in [9.17, 15) is 32.3 Å². The third-order valence-electron chi connectivity index (χ3n) is 5.92. The van der Waals surface area contributed by atoms with Gasteiger partial charge in [0.25, 0.3) is 11.7 Å². The molecule has 5 rings (SSSR count). The molecule has 1 N–H and O–H groups in total. The van der Waals surface area contributed by atoms with Crippen molar-refractivity contribution in [3.63, 3.8) is 0 Å². The Bertz CT molecular complexity index is 1380. The molecule has 1 saturated heterocycles. The molecule has 2 heterocycles. The molecular weight excluding hydrogens is 482 g/mol. The van der Waals surface area contributed by atoms with E-state index in [2.05, 4.69) is 0 Å². The Morgan fingerprint density at radius 2 is 1.53 bits per heavy atom. The van der Waals surface area contributed by atoms with Crippen LogP contribution < -0.4 is 14.4 Å². The fourth-order valence-electron chi connectivity index (χ4n) is 4.22. The number of hydrogen-bond donors (Lipinski definition) is 1. The van der Waals surface area contributed by atoms with Crippen molar-refractivity contribution in [3.05, 3.63) is 94.8 Å². The summed E-state index contributed by atoms with van der Waals surface area (Å²) in [6.45, 7) is 0.631. The Balaban J connectivity index is 1.66. The standard InChI is InChI=1S/C26H17F4NO5/c27-17-6-1-14(2-7-17)22-21(23(32)15-3-10-19-20(13-15)36-12-11-35-19)24(33)25(34)31(22)18-8-4-16(5-9-18)26(28,29)30/h1-10,13,22,32H,11-12H2/b23-21-. The first-order chi connectivity index (χ1) is 17.1. The van der Waals surface area contributed by atoms with Gasteiger partial charge in [-0.2, -0.15) is 13.2 Å². The van der Waals surface area contributed by atoms with E-state index in [0.29, 0.717) is 18.1 Å². The van der Waals surface area contributed by atoms with E-state index in [1.54, 1.807) is 6.07 Å². The number of Topliss-reactive ketones (excluding diaryl/α,β-unsaturated/α-hetero) is 1. The molecule has 0 radical (unpaired) electrons. The fraction of sp³-hybridized carbons (Fsp3) is 0.154. The Morgan fingerprint density at radius 3 is 2.17 bits per heavy atom. The molecule has 0 saturated carbocycles. The molecule has 1 fully saturated rings. The van der Waals surface area contributed by atoms with Gasteiger partial charge in [0.2, 0.25) is 0 Å². The van der Waals surface area contributed by atoms with Gasteiger partial charge in [0.1, 0.15) is 24.8 Å². The molecule has 0 spiro atoms. The van der Waals surface area contributed by atoms with Crippen molar-refractivity contribution in [1.29, 1.82) is 0 Å². The van der Waals surface area contributed by atoms with Gasteiger partial charge in [0, 0.05) is 11.3 Å².